The third kappa shape index (κ3) is 3.82. The van der Waals surface area contributed by atoms with Crippen molar-refractivity contribution in [2.75, 3.05) is 30.3 Å². The van der Waals surface area contributed by atoms with Crippen LogP contribution in [0.4, 0.5) is 10.2 Å². The first-order valence-corrected chi connectivity index (χ1v) is 13.6. The molecule has 1 atom stereocenters. The van der Waals surface area contributed by atoms with Gasteiger partial charge in [-0.1, -0.05) is 24.2 Å². The van der Waals surface area contributed by atoms with Gasteiger partial charge in [-0.25, -0.2) is 9.18 Å². The van der Waals surface area contributed by atoms with Crippen LogP contribution in [0.2, 0.25) is 5.02 Å². The average Bonchev–Trinajstić information content (AvgIpc) is 3.72. The van der Waals surface area contributed by atoms with Crippen molar-refractivity contribution in [3.05, 3.63) is 63.8 Å². The molecule has 0 spiro atoms. The smallest absolute Gasteiger partial charge is 0.350 e. The van der Waals surface area contributed by atoms with Gasteiger partial charge < -0.3 is 9.80 Å². The van der Waals surface area contributed by atoms with Crippen molar-refractivity contribution in [2.45, 2.75) is 43.2 Å². The lowest BCUT2D eigenvalue weighted by Crippen LogP contribution is -2.54. The fourth-order valence-corrected chi connectivity index (χ4v) is 6.99. The fraction of sp³-hybridized carbons (Fsp3) is 0.370. The Kier molecular flexibility index (Phi) is 5.84. The summed E-state index contributed by atoms with van der Waals surface area (Å²) in [5.41, 5.74) is 2.70. The van der Waals surface area contributed by atoms with Gasteiger partial charge in [0.25, 0.3) is 0 Å². The van der Waals surface area contributed by atoms with Crippen LogP contribution in [-0.2, 0) is 11.3 Å². The second-order valence-electron chi connectivity index (χ2n) is 9.72. The monoisotopic (exact) mass is 524 g/mol. The molecule has 9 heteroatoms. The molecular formula is C27H26ClFN4O2S. The van der Waals surface area contributed by atoms with Crippen molar-refractivity contribution >= 4 is 46.0 Å². The maximum Gasteiger partial charge on any atom is 0.350 e. The number of amides is 1. The van der Waals surface area contributed by atoms with Crippen LogP contribution >= 0.6 is 23.4 Å². The van der Waals surface area contributed by atoms with E-state index >= 15 is 4.39 Å². The molecule has 1 aromatic heterocycles. The molecular weight excluding hydrogens is 499 g/mol. The molecule has 6 nitrogen and oxygen atoms in total. The number of piperazine rings is 1. The minimum atomic E-state index is -0.323. The molecule has 0 radical (unpaired) electrons. The van der Waals surface area contributed by atoms with E-state index < -0.39 is 0 Å². The number of aryl methyl sites for hydroxylation is 1. The van der Waals surface area contributed by atoms with Crippen LogP contribution in [0, 0.1) is 5.82 Å². The Labute approximate surface area is 217 Å². The van der Waals surface area contributed by atoms with Crippen LogP contribution in [0.15, 0.2) is 46.6 Å². The topological polar surface area (TPSA) is 58.4 Å². The van der Waals surface area contributed by atoms with E-state index in [2.05, 4.69) is 16.5 Å². The van der Waals surface area contributed by atoms with Crippen molar-refractivity contribution in [2.24, 2.45) is 0 Å². The number of aromatic nitrogens is 2. The summed E-state index contributed by atoms with van der Waals surface area (Å²) in [5.74, 6) is 1.30. The van der Waals surface area contributed by atoms with Gasteiger partial charge in [-0.3, -0.25) is 9.36 Å². The molecule has 36 heavy (non-hydrogen) atoms. The van der Waals surface area contributed by atoms with Crippen molar-refractivity contribution in [3.8, 4) is 11.1 Å². The van der Waals surface area contributed by atoms with Gasteiger partial charge in [0.1, 0.15) is 11.6 Å². The van der Waals surface area contributed by atoms with E-state index in [0.717, 1.165) is 34.2 Å². The first kappa shape index (κ1) is 23.6. The van der Waals surface area contributed by atoms with E-state index in [1.165, 1.54) is 12.1 Å². The summed E-state index contributed by atoms with van der Waals surface area (Å²) in [4.78, 5) is 34.5. The highest BCUT2D eigenvalue weighted by atomic mass is 35.5. The molecule has 3 aromatic rings. The third-order valence-electron chi connectivity index (χ3n) is 7.41. The Bertz CT molecular complexity index is 1490. The minimum Gasteiger partial charge on any atom is -0.350 e. The zero-order valence-corrected chi connectivity index (χ0v) is 21.5. The highest BCUT2D eigenvalue weighted by Crippen LogP contribution is 2.48. The maximum atomic E-state index is 15.2. The van der Waals surface area contributed by atoms with Gasteiger partial charge in [-0.15, -0.1) is 11.8 Å². The van der Waals surface area contributed by atoms with Crippen LogP contribution in [-0.4, -0.2) is 51.8 Å². The molecule has 1 aliphatic carbocycles. The highest BCUT2D eigenvalue weighted by Gasteiger charge is 2.32. The van der Waals surface area contributed by atoms with Crippen molar-refractivity contribution < 1.29 is 9.18 Å². The number of nitrogens with zero attached hydrogens (tertiary/aromatic N) is 4. The quantitative estimate of drug-likeness (QED) is 0.446. The van der Waals surface area contributed by atoms with Gasteiger partial charge >= 0.3 is 5.69 Å². The molecule has 2 aliphatic heterocycles. The van der Waals surface area contributed by atoms with Gasteiger partial charge in [0.15, 0.2) is 0 Å². The van der Waals surface area contributed by atoms with E-state index in [1.807, 2.05) is 25.1 Å². The Morgan fingerprint density at radius 3 is 2.78 bits per heavy atom. The van der Waals surface area contributed by atoms with E-state index in [-0.39, 0.29) is 23.5 Å². The Hall–Kier alpha value is -2.84. The predicted octanol–water partition coefficient (Wildman–Crippen LogP) is 5.06. The van der Waals surface area contributed by atoms with Gasteiger partial charge in [0, 0.05) is 59.4 Å². The molecule has 186 valence electrons. The van der Waals surface area contributed by atoms with Crippen LogP contribution in [0.5, 0.6) is 0 Å². The van der Waals surface area contributed by atoms with Crippen molar-refractivity contribution in [1.29, 1.82) is 0 Å². The van der Waals surface area contributed by atoms with Crippen molar-refractivity contribution in [3.63, 3.8) is 0 Å². The summed E-state index contributed by atoms with van der Waals surface area (Å²) in [5, 5.41) is 1.22. The number of halogens is 2. The zero-order chi connectivity index (χ0) is 25.1. The largest absolute Gasteiger partial charge is 0.350 e. The number of hydrogen-bond donors (Lipinski definition) is 0. The molecule has 0 bridgehead atoms. The van der Waals surface area contributed by atoms with E-state index in [9.17, 15) is 9.59 Å². The number of carbonyl (C=O) groups excluding carboxylic acids is 1. The first-order valence-electron chi connectivity index (χ1n) is 12.2. The molecule has 2 aromatic carbocycles. The lowest BCUT2D eigenvalue weighted by molar-refractivity contribution is -0.126. The number of anilines is 1. The van der Waals surface area contributed by atoms with E-state index in [4.69, 9.17) is 11.6 Å². The molecule has 3 aliphatic rings. The molecule has 1 saturated carbocycles. The Morgan fingerprint density at radius 2 is 2.06 bits per heavy atom. The van der Waals surface area contributed by atoms with Crippen molar-refractivity contribution in [1.82, 2.24) is 14.5 Å². The SMILES string of the molecule is C=CC(=O)N1CCN(c2nc(=O)n3c4c(c(-c5cc(C6CC6)ccc5F)c(Cl)cc24)SCC3)[C@@H](C)C1. The third-order valence-corrected chi connectivity index (χ3v) is 8.78. The predicted molar refractivity (Wildman–Crippen MR) is 143 cm³/mol. The standard InChI is InChI=1S/C27H26ClFN4O2S/c1-3-22(34)31-8-9-32(15(2)14-31)26-19-13-20(28)23(18-12-17(16-4-5-16)6-7-21(18)29)25-24(19)33(10-11-36-25)27(35)30-26/h3,6-7,12-13,15-16H,1,4-5,8-11,14H2,2H3/t15-/m0/s1. The van der Waals surface area contributed by atoms with Gasteiger partial charge in [-0.2, -0.15) is 4.98 Å². The molecule has 0 N–H and O–H groups in total. The highest BCUT2D eigenvalue weighted by molar-refractivity contribution is 7.99. The Morgan fingerprint density at radius 1 is 1.25 bits per heavy atom. The Balaban J connectivity index is 1.53. The lowest BCUT2D eigenvalue weighted by Gasteiger charge is -2.40. The second kappa shape index (κ2) is 8.92. The minimum absolute atomic E-state index is 0.0567. The van der Waals surface area contributed by atoms with Gasteiger partial charge in [0.2, 0.25) is 5.91 Å². The number of benzene rings is 2. The molecule has 2 fully saturated rings. The maximum absolute atomic E-state index is 15.2. The zero-order valence-electron chi connectivity index (χ0n) is 20.0. The van der Waals surface area contributed by atoms with E-state index in [0.29, 0.717) is 59.8 Å². The normalized spacial score (nSPS) is 19.6. The number of carbonyl (C=O) groups is 1. The van der Waals surface area contributed by atoms with Crippen LogP contribution < -0.4 is 10.6 Å². The molecule has 0 unspecified atom stereocenters. The summed E-state index contributed by atoms with van der Waals surface area (Å²) in [6.45, 7) is 7.68. The summed E-state index contributed by atoms with van der Waals surface area (Å²) >= 11 is 8.52. The summed E-state index contributed by atoms with van der Waals surface area (Å²) in [7, 11) is 0. The number of hydrogen-bond acceptors (Lipinski definition) is 5. The molecule has 6 rings (SSSR count). The van der Waals surface area contributed by atoms with Crippen LogP contribution in [0.25, 0.3) is 22.0 Å². The van der Waals surface area contributed by atoms with Gasteiger partial charge in [-0.05, 0) is 55.5 Å². The van der Waals surface area contributed by atoms with Gasteiger partial charge in [0.05, 0.1) is 10.5 Å². The fourth-order valence-electron chi connectivity index (χ4n) is 5.43. The number of thioether (sulfide) groups is 1. The summed E-state index contributed by atoms with van der Waals surface area (Å²) in [6, 6.07) is 7.09. The molecule has 1 saturated heterocycles. The average molecular weight is 525 g/mol. The summed E-state index contributed by atoms with van der Waals surface area (Å²) in [6.07, 6.45) is 3.57. The van der Waals surface area contributed by atoms with E-state index in [1.54, 1.807) is 21.2 Å². The summed E-state index contributed by atoms with van der Waals surface area (Å²) < 4.78 is 16.9. The lowest BCUT2D eigenvalue weighted by atomic mass is 9.98. The van der Waals surface area contributed by atoms with Crippen LogP contribution in [0.1, 0.15) is 31.2 Å². The first-order chi connectivity index (χ1) is 17.4. The van der Waals surface area contributed by atoms with Crippen LogP contribution in [0.3, 0.4) is 0 Å². The number of rotatable bonds is 4. The second-order valence-corrected chi connectivity index (χ2v) is 11.2. The molecule has 3 heterocycles. The molecule has 1 amide bonds.